The van der Waals surface area contributed by atoms with Gasteiger partial charge in [0.25, 0.3) is 0 Å². The van der Waals surface area contributed by atoms with E-state index < -0.39 is 0 Å². The summed E-state index contributed by atoms with van der Waals surface area (Å²) in [7, 11) is 1.45. The molecule has 0 spiro atoms. The number of hydrogen-bond acceptors (Lipinski definition) is 5. The lowest BCUT2D eigenvalue weighted by atomic mass is 9.47. The first-order chi connectivity index (χ1) is 13.9. The molecule has 4 rings (SSSR count). The number of carbonyl (C=O) groups excluding carboxylic acids is 3. The van der Waals surface area contributed by atoms with Crippen LogP contribution in [0.1, 0.15) is 58.8 Å². The van der Waals surface area contributed by atoms with Crippen molar-refractivity contribution in [1.29, 1.82) is 0 Å². The van der Waals surface area contributed by atoms with Crippen LogP contribution in [-0.2, 0) is 23.9 Å². The van der Waals surface area contributed by atoms with E-state index in [9.17, 15) is 14.4 Å². The molecule has 5 nitrogen and oxygen atoms in total. The number of esters is 2. The topological polar surface area (TPSA) is 69.7 Å². The van der Waals surface area contributed by atoms with Gasteiger partial charge in [0.05, 0.1) is 19.6 Å². The minimum atomic E-state index is -0.315. The minimum absolute atomic E-state index is 0.0770. The molecular weight excluding hydrogens is 368 g/mol. The van der Waals surface area contributed by atoms with Crippen molar-refractivity contribution in [2.75, 3.05) is 13.7 Å². The number of allylic oxidation sites excluding steroid dienone is 4. The number of carbonyl (C=O) groups is 3. The Morgan fingerprint density at radius 2 is 1.97 bits per heavy atom. The molecule has 0 aromatic heterocycles. The predicted octanol–water partition coefficient (Wildman–Crippen LogP) is 4.02. The van der Waals surface area contributed by atoms with E-state index in [-0.39, 0.29) is 34.5 Å². The molecule has 0 unspecified atom stereocenters. The highest BCUT2D eigenvalue weighted by Crippen LogP contribution is 2.66. The van der Waals surface area contributed by atoms with Gasteiger partial charge in [-0.25, -0.2) is 0 Å². The molecule has 158 valence electrons. The second-order valence-corrected chi connectivity index (χ2v) is 9.54. The van der Waals surface area contributed by atoms with E-state index in [2.05, 4.69) is 13.0 Å². The van der Waals surface area contributed by atoms with Crippen molar-refractivity contribution in [3.63, 3.8) is 0 Å². The van der Waals surface area contributed by atoms with E-state index in [1.54, 1.807) is 13.0 Å². The van der Waals surface area contributed by atoms with Crippen molar-refractivity contribution in [1.82, 2.24) is 0 Å². The number of fused-ring (bicyclic) bond motifs is 5. The lowest BCUT2D eigenvalue weighted by molar-refractivity contribution is -0.166. The summed E-state index contributed by atoms with van der Waals surface area (Å²) in [5, 5.41) is 0. The van der Waals surface area contributed by atoms with Crippen molar-refractivity contribution < 1.29 is 23.9 Å². The average Bonchev–Trinajstić information content (AvgIpc) is 3.11. The smallest absolute Gasteiger partial charge is 0.309 e. The normalized spacial score (nSPS) is 40.4. The van der Waals surface area contributed by atoms with Gasteiger partial charge < -0.3 is 9.47 Å². The fourth-order valence-corrected chi connectivity index (χ4v) is 7.10. The first-order valence-corrected chi connectivity index (χ1v) is 11.0. The van der Waals surface area contributed by atoms with Crippen LogP contribution in [0.5, 0.6) is 0 Å². The van der Waals surface area contributed by atoms with Crippen LogP contribution in [0, 0.1) is 34.5 Å². The first kappa shape index (κ1) is 20.4. The van der Waals surface area contributed by atoms with Gasteiger partial charge in [-0.2, -0.15) is 0 Å². The summed E-state index contributed by atoms with van der Waals surface area (Å²) in [6, 6.07) is 0. The highest BCUT2D eigenvalue weighted by atomic mass is 16.5. The zero-order valence-corrected chi connectivity index (χ0v) is 17.7. The van der Waals surface area contributed by atoms with Crippen LogP contribution in [0.15, 0.2) is 23.8 Å². The van der Waals surface area contributed by atoms with Gasteiger partial charge in [0.1, 0.15) is 0 Å². The Balaban J connectivity index is 1.66. The SMILES string of the molecule is CCC(=O)OC[C@]12CC[C@H]3[C@@H](CCC4=CC(=O)C=C[C@@]43C)[C@@H]1CC[C@@H]2C(=O)OC. The van der Waals surface area contributed by atoms with Gasteiger partial charge in [0, 0.05) is 17.3 Å². The second-order valence-electron chi connectivity index (χ2n) is 9.54. The summed E-state index contributed by atoms with van der Waals surface area (Å²) in [6.45, 7) is 4.39. The van der Waals surface area contributed by atoms with Gasteiger partial charge in [0.2, 0.25) is 0 Å². The molecule has 0 bridgehead atoms. The van der Waals surface area contributed by atoms with E-state index in [1.807, 2.05) is 6.08 Å². The number of methoxy groups -OCH3 is 1. The Morgan fingerprint density at radius 1 is 1.17 bits per heavy atom. The second kappa shape index (κ2) is 7.41. The van der Waals surface area contributed by atoms with Crippen molar-refractivity contribution in [3.05, 3.63) is 23.8 Å². The summed E-state index contributed by atoms with van der Waals surface area (Å²) in [5.41, 5.74) is 0.871. The van der Waals surface area contributed by atoms with E-state index in [0.717, 1.165) is 38.5 Å². The molecule has 0 heterocycles. The molecule has 3 fully saturated rings. The fourth-order valence-electron chi connectivity index (χ4n) is 7.10. The van der Waals surface area contributed by atoms with Crippen molar-refractivity contribution in [2.24, 2.45) is 34.5 Å². The van der Waals surface area contributed by atoms with E-state index in [0.29, 0.717) is 30.8 Å². The average molecular weight is 401 g/mol. The number of hydrogen-bond donors (Lipinski definition) is 0. The molecule has 4 aliphatic rings. The number of ketones is 1. The zero-order chi connectivity index (χ0) is 20.8. The molecule has 0 aromatic rings. The van der Waals surface area contributed by atoms with Crippen molar-refractivity contribution >= 4 is 17.7 Å². The van der Waals surface area contributed by atoms with Crippen LogP contribution < -0.4 is 0 Å². The van der Waals surface area contributed by atoms with Gasteiger partial charge in [-0.3, -0.25) is 14.4 Å². The quantitative estimate of drug-likeness (QED) is 0.667. The Bertz CT molecular complexity index is 780. The van der Waals surface area contributed by atoms with Crippen molar-refractivity contribution in [3.8, 4) is 0 Å². The Labute approximate surface area is 172 Å². The molecule has 0 aromatic carbocycles. The standard InChI is InChI=1S/C24H32O5/c1-4-21(26)29-14-24-12-10-18-17(19(24)7-8-20(24)22(27)28-3)6-5-15-13-16(25)9-11-23(15,18)2/h9,11,13,17-20H,4-8,10,12,14H2,1-3H3/t17-,18+,19+,20-,23+,24-/m1/s1. The molecular formula is C24H32O5. The Morgan fingerprint density at radius 3 is 2.69 bits per heavy atom. The van der Waals surface area contributed by atoms with E-state index in [1.165, 1.54) is 12.7 Å². The third-order valence-electron chi connectivity index (χ3n) is 8.55. The Kier molecular flexibility index (Phi) is 5.20. The minimum Gasteiger partial charge on any atom is -0.469 e. The summed E-state index contributed by atoms with van der Waals surface area (Å²) < 4.78 is 10.8. The highest BCUT2D eigenvalue weighted by molar-refractivity contribution is 6.01. The van der Waals surface area contributed by atoms with Gasteiger partial charge >= 0.3 is 11.9 Å². The molecule has 0 amide bonds. The zero-order valence-electron chi connectivity index (χ0n) is 17.7. The van der Waals surface area contributed by atoms with Crippen LogP contribution in [0.3, 0.4) is 0 Å². The number of rotatable bonds is 4. The number of ether oxygens (including phenoxy) is 2. The van der Waals surface area contributed by atoms with Crippen LogP contribution in [0.4, 0.5) is 0 Å². The van der Waals surface area contributed by atoms with E-state index in [4.69, 9.17) is 9.47 Å². The third kappa shape index (κ3) is 3.08. The molecule has 6 atom stereocenters. The van der Waals surface area contributed by atoms with E-state index >= 15 is 0 Å². The molecule has 29 heavy (non-hydrogen) atoms. The van der Waals surface area contributed by atoms with Gasteiger partial charge in [0.15, 0.2) is 5.78 Å². The highest BCUT2D eigenvalue weighted by Gasteiger charge is 2.62. The predicted molar refractivity (Wildman–Crippen MR) is 108 cm³/mol. The first-order valence-electron chi connectivity index (χ1n) is 11.0. The summed E-state index contributed by atoms with van der Waals surface area (Å²) in [5.74, 6) is 0.812. The molecule has 0 radical (unpaired) electrons. The van der Waals surface area contributed by atoms with Crippen LogP contribution in [0.25, 0.3) is 0 Å². The molecule has 0 N–H and O–H groups in total. The summed E-state index contributed by atoms with van der Waals surface area (Å²) >= 11 is 0. The molecule has 3 saturated carbocycles. The van der Waals surface area contributed by atoms with Gasteiger partial charge in [-0.1, -0.05) is 25.5 Å². The van der Waals surface area contributed by atoms with Crippen LogP contribution in [0.2, 0.25) is 0 Å². The maximum Gasteiger partial charge on any atom is 0.309 e. The molecule has 4 aliphatic carbocycles. The maximum absolute atomic E-state index is 12.7. The molecule has 0 aliphatic heterocycles. The summed E-state index contributed by atoms with van der Waals surface area (Å²) in [4.78, 5) is 36.5. The largest absolute Gasteiger partial charge is 0.469 e. The van der Waals surface area contributed by atoms with Gasteiger partial charge in [-0.05, 0) is 68.4 Å². The van der Waals surface area contributed by atoms with Gasteiger partial charge in [-0.15, -0.1) is 0 Å². The molecule has 5 heteroatoms. The summed E-state index contributed by atoms with van der Waals surface area (Å²) in [6.07, 6.45) is 11.6. The molecule has 0 saturated heterocycles. The van der Waals surface area contributed by atoms with Crippen LogP contribution >= 0.6 is 0 Å². The third-order valence-corrected chi connectivity index (χ3v) is 8.55. The van der Waals surface area contributed by atoms with Crippen molar-refractivity contribution in [2.45, 2.75) is 58.8 Å². The monoisotopic (exact) mass is 400 g/mol. The fraction of sp³-hybridized carbons (Fsp3) is 0.708. The lowest BCUT2D eigenvalue weighted by Crippen LogP contribution is -2.53. The Hall–Kier alpha value is -1.91. The lowest BCUT2D eigenvalue weighted by Gasteiger charge is -2.57. The van der Waals surface area contributed by atoms with Crippen LogP contribution in [-0.4, -0.2) is 31.4 Å². The maximum atomic E-state index is 12.7.